The smallest absolute Gasteiger partial charge is 0.276 e. The maximum absolute atomic E-state index is 12.1. The van der Waals surface area contributed by atoms with Crippen molar-refractivity contribution >= 4 is 23.2 Å². The fourth-order valence-corrected chi connectivity index (χ4v) is 2.28. The van der Waals surface area contributed by atoms with E-state index in [1.54, 1.807) is 19.0 Å². The molecule has 1 saturated heterocycles. The molecule has 114 valence electrons. The van der Waals surface area contributed by atoms with Crippen LogP contribution >= 0.6 is 0 Å². The standard InChI is InChI=1S/C13H19N5O3/c1-14-11-7-10(18(20)21)8-12(15-11)16(2)9-13(19)17-5-3-4-6-17/h7-8H,3-6,9H2,1-2H3,(H,14,15). The van der Waals surface area contributed by atoms with E-state index in [2.05, 4.69) is 10.3 Å². The van der Waals surface area contributed by atoms with Gasteiger partial charge in [0.05, 0.1) is 23.6 Å². The first-order chi connectivity index (χ1) is 10.0. The van der Waals surface area contributed by atoms with Crippen LogP contribution in [-0.4, -0.2) is 54.4 Å². The van der Waals surface area contributed by atoms with Crippen LogP contribution in [0, 0.1) is 10.1 Å². The molecule has 1 fully saturated rings. The number of nitrogens with one attached hydrogen (secondary N) is 1. The molecule has 1 aliphatic heterocycles. The van der Waals surface area contributed by atoms with E-state index in [9.17, 15) is 14.9 Å². The summed E-state index contributed by atoms with van der Waals surface area (Å²) in [5, 5.41) is 13.7. The van der Waals surface area contributed by atoms with Gasteiger partial charge in [-0.15, -0.1) is 0 Å². The van der Waals surface area contributed by atoms with Crippen molar-refractivity contribution in [1.29, 1.82) is 0 Å². The third-order valence-electron chi connectivity index (χ3n) is 3.49. The quantitative estimate of drug-likeness (QED) is 0.645. The van der Waals surface area contributed by atoms with E-state index in [4.69, 9.17) is 0 Å². The van der Waals surface area contributed by atoms with Gasteiger partial charge < -0.3 is 15.1 Å². The zero-order chi connectivity index (χ0) is 15.4. The molecular weight excluding hydrogens is 274 g/mol. The normalized spacial score (nSPS) is 14.1. The number of likely N-dealkylation sites (tertiary alicyclic amines) is 1. The molecule has 0 radical (unpaired) electrons. The summed E-state index contributed by atoms with van der Waals surface area (Å²) in [5.41, 5.74) is -0.0511. The van der Waals surface area contributed by atoms with Crippen molar-refractivity contribution < 1.29 is 9.72 Å². The number of nitro groups is 1. The highest BCUT2D eigenvalue weighted by atomic mass is 16.6. The number of carbonyl (C=O) groups is 1. The lowest BCUT2D eigenvalue weighted by atomic mass is 10.3. The average Bonchev–Trinajstić information content (AvgIpc) is 3.00. The molecule has 0 atom stereocenters. The lowest BCUT2D eigenvalue weighted by Crippen LogP contribution is -2.37. The summed E-state index contributed by atoms with van der Waals surface area (Å²) in [4.78, 5) is 30.3. The summed E-state index contributed by atoms with van der Waals surface area (Å²) in [7, 11) is 3.35. The Bertz CT molecular complexity index is 543. The van der Waals surface area contributed by atoms with Crippen LogP contribution in [-0.2, 0) is 4.79 Å². The third kappa shape index (κ3) is 3.59. The molecule has 1 aromatic heterocycles. The molecule has 2 heterocycles. The van der Waals surface area contributed by atoms with Crippen LogP contribution < -0.4 is 10.2 Å². The largest absolute Gasteiger partial charge is 0.373 e. The molecule has 0 saturated carbocycles. The van der Waals surface area contributed by atoms with Crippen molar-refractivity contribution in [2.45, 2.75) is 12.8 Å². The Balaban J connectivity index is 2.13. The van der Waals surface area contributed by atoms with E-state index in [0.717, 1.165) is 25.9 Å². The summed E-state index contributed by atoms with van der Waals surface area (Å²) in [6, 6.07) is 2.73. The van der Waals surface area contributed by atoms with Crippen LogP contribution in [0.4, 0.5) is 17.3 Å². The minimum atomic E-state index is -0.470. The van der Waals surface area contributed by atoms with E-state index < -0.39 is 4.92 Å². The Morgan fingerprint density at radius 2 is 2.14 bits per heavy atom. The topological polar surface area (TPSA) is 91.6 Å². The molecule has 0 unspecified atom stereocenters. The highest BCUT2D eigenvalue weighted by Crippen LogP contribution is 2.22. The van der Waals surface area contributed by atoms with Crippen LogP contribution in [0.15, 0.2) is 12.1 Å². The number of anilines is 2. The van der Waals surface area contributed by atoms with E-state index in [1.807, 2.05) is 4.90 Å². The van der Waals surface area contributed by atoms with Gasteiger partial charge in [-0.3, -0.25) is 14.9 Å². The van der Waals surface area contributed by atoms with E-state index in [0.29, 0.717) is 11.6 Å². The number of rotatable bonds is 5. The fourth-order valence-electron chi connectivity index (χ4n) is 2.28. The maximum Gasteiger partial charge on any atom is 0.276 e. The Kier molecular flexibility index (Phi) is 4.56. The van der Waals surface area contributed by atoms with Crippen molar-refractivity contribution in [2.24, 2.45) is 0 Å². The van der Waals surface area contributed by atoms with Crippen LogP contribution in [0.25, 0.3) is 0 Å². The zero-order valence-electron chi connectivity index (χ0n) is 12.2. The SMILES string of the molecule is CNc1cc([N+](=O)[O-])cc(N(C)CC(=O)N2CCCC2)n1. The van der Waals surface area contributed by atoms with Crippen molar-refractivity contribution in [3.8, 4) is 0 Å². The highest BCUT2D eigenvalue weighted by molar-refractivity contribution is 5.81. The van der Waals surface area contributed by atoms with Crippen LogP contribution in [0.5, 0.6) is 0 Å². The molecule has 21 heavy (non-hydrogen) atoms. The van der Waals surface area contributed by atoms with Crippen molar-refractivity contribution in [3.63, 3.8) is 0 Å². The Labute approximate surface area is 122 Å². The van der Waals surface area contributed by atoms with Gasteiger partial charge in [0.25, 0.3) is 5.69 Å². The molecule has 1 N–H and O–H groups in total. The van der Waals surface area contributed by atoms with Gasteiger partial charge in [0.2, 0.25) is 5.91 Å². The third-order valence-corrected chi connectivity index (χ3v) is 3.49. The molecule has 1 aromatic rings. The Hall–Kier alpha value is -2.38. The Morgan fingerprint density at radius 3 is 2.71 bits per heavy atom. The number of amides is 1. The second kappa shape index (κ2) is 6.38. The van der Waals surface area contributed by atoms with Crippen molar-refractivity contribution in [3.05, 3.63) is 22.2 Å². The molecule has 8 nitrogen and oxygen atoms in total. The molecule has 0 spiro atoms. The van der Waals surface area contributed by atoms with Gasteiger partial charge >= 0.3 is 0 Å². The van der Waals surface area contributed by atoms with Crippen LogP contribution in [0.1, 0.15) is 12.8 Å². The van der Waals surface area contributed by atoms with Crippen LogP contribution in [0.2, 0.25) is 0 Å². The van der Waals surface area contributed by atoms with Gasteiger partial charge in [-0.2, -0.15) is 0 Å². The molecule has 0 aliphatic carbocycles. The minimum Gasteiger partial charge on any atom is -0.373 e. The van der Waals surface area contributed by atoms with E-state index in [1.165, 1.54) is 12.1 Å². The lowest BCUT2D eigenvalue weighted by Gasteiger charge is -2.22. The van der Waals surface area contributed by atoms with E-state index >= 15 is 0 Å². The first-order valence-electron chi connectivity index (χ1n) is 6.84. The number of nitrogens with zero attached hydrogens (tertiary/aromatic N) is 4. The molecule has 1 aliphatic rings. The van der Waals surface area contributed by atoms with Crippen molar-refractivity contribution in [1.82, 2.24) is 9.88 Å². The zero-order valence-corrected chi connectivity index (χ0v) is 12.2. The van der Waals surface area contributed by atoms with Gasteiger partial charge in [-0.05, 0) is 12.8 Å². The number of hydrogen-bond donors (Lipinski definition) is 1. The van der Waals surface area contributed by atoms with Gasteiger partial charge in [-0.25, -0.2) is 4.98 Å². The number of aromatic nitrogens is 1. The molecule has 8 heteroatoms. The number of hydrogen-bond acceptors (Lipinski definition) is 6. The first-order valence-corrected chi connectivity index (χ1v) is 6.84. The van der Waals surface area contributed by atoms with Gasteiger partial charge in [0, 0.05) is 27.2 Å². The maximum atomic E-state index is 12.1. The predicted molar refractivity (Wildman–Crippen MR) is 79.5 cm³/mol. The summed E-state index contributed by atoms with van der Waals surface area (Å²) in [6.45, 7) is 1.74. The van der Waals surface area contributed by atoms with Gasteiger partial charge in [0.1, 0.15) is 11.6 Å². The van der Waals surface area contributed by atoms with Crippen LogP contribution in [0.3, 0.4) is 0 Å². The second-order valence-electron chi connectivity index (χ2n) is 5.02. The summed E-state index contributed by atoms with van der Waals surface area (Å²) >= 11 is 0. The lowest BCUT2D eigenvalue weighted by molar-refractivity contribution is -0.384. The van der Waals surface area contributed by atoms with Gasteiger partial charge in [-0.1, -0.05) is 0 Å². The minimum absolute atomic E-state index is 0.0225. The number of likely N-dealkylation sites (N-methyl/N-ethyl adjacent to an activating group) is 1. The molecule has 2 rings (SSSR count). The predicted octanol–water partition coefficient (Wildman–Crippen LogP) is 1.09. The summed E-state index contributed by atoms with van der Waals surface area (Å²) in [5.74, 6) is 0.829. The molecular formula is C13H19N5O3. The molecule has 0 bridgehead atoms. The Morgan fingerprint density at radius 1 is 1.48 bits per heavy atom. The van der Waals surface area contributed by atoms with E-state index in [-0.39, 0.29) is 18.1 Å². The second-order valence-corrected chi connectivity index (χ2v) is 5.02. The fraction of sp³-hybridized carbons (Fsp3) is 0.538. The monoisotopic (exact) mass is 293 g/mol. The summed E-state index contributed by atoms with van der Waals surface area (Å²) in [6.07, 6.45) is 2.07. The molecule has 0 aromatic carbocycles. The average molecular weight is 293 g/mol. The molecule has 1 amide bonds. The summed E-state index contributed by atoms with van der Waals surface area (Å²) < 4.78 is 0. The van der Waals surface area contributed by atoms with Crippen molar-refractivity contribution in [2.75, 3.05) is 43.9 Å². The van der Waals surface area contributed by atoms with Gasteiger partial charge in [0.15, 0.2) is 0 Å². The first kappa shape index (κ1) is 15.0. The number of carbonyl (C=O) groups excluding carboxylic acids is 1. The highest BCUT2D eigenvalue weighted by Gasteiger charge is 2.21. The number of pyridine rings is 1.